The van der Waals surface area contributed by atoms with Crippen LogP contribution in [0.15, 0.2) is 12.1 Å². The molecule has 3 nitrogen and oxygen atoms in total. The third-order valence-electron chi connectivity index (χ3n) is 3.65. The highest BCUT2D eigenvalue weighted by Gasteiger charge is 2.31. The fourth-order valence-electron chi connectivity index (χ4n) is 2.62. The lowest BCUT2D eigenvalue weighted by Gasteiger charge is -2.09. The number of rotatable bonds is 6. The Hall–Kier alpha value is -1.03. The molecule has 0 saturated carbocycles. The molecule has 0 radical (unpaired) electrons. The zero-order chi connectivity index (χ0) is 13.8. The Morgan fingerprint density at radius 3 is 2.53 bits per heavy atom. The van der Waals surface area contributed by atoms with E-state index < -0.39 is 0 Å². The maximum Gasteiger partial charge on any atom is 0.166 e. The van der Waals surface area contributed by atoms with Gasteiger partial charge in [0.15, 0.2) is 17.3 Å². The van der Waals surface area contributed by atoms with Crippen LogP contribution in [0.3, 0.4) is 0 Å². The number of alkyl halides is 1. The highest BCUT2D eigenvalue weighted by molar-refractivity contribution is 9.09. The summed E-state index contributed by atoms with van der Waals surface area (Å²) in [6.45, 7) is 0. The van der Waals surface area contributed by atoms with E-state index in [1.165, 1.54) is 0 Å². The number of hydrogen-bond acceptors (Lipinski definition) is 3. The number of ketones is 1. The first-order chi connectivity index (χ1) is 9.21. The molecule has 0 heterocycles. The van der Waals surface area contributed by atoms with Crippen molar-refractivity contribution in [3.8, 4) is 11.5 Å². The van der Waals surface area contributed by atoms with Gasteiger partial charge in [-0.1, -0.05) is 22.4 Å². The number of methoxy groups -OCH3 is 2. The van der Waals surface area contributed by atoms with Crippen LogP contribution in [0.5, 0.6) is 11.5 Å². The predicted molar refractivity (Wildman–Crippen MR) is 78.7 cm³/mol. The number of ether oxygens (including phenoxy) is 2. The molecule has 1 aromatic rings. The molecule has 0 amide bonds. The Bertz CT molecular complexity index is 471. The van der Waals surface area contributed by atoms with Gasteiger partial charge in [-0.2, -0.15) is 0 Å². The quantitative estimate of drug-likeness (QED) is 0.591. The lowest BCUT2D eigenvalue weighted by atomic mass is 9.98. The fourth-order valence-corrected chi connectivity index (χ4v) is 3.01. The zero-order valence-electron chi connectivity index (χ0n) is 11.4. The van der Waals surface area contributed by atoms with E-state index in [0.717, 1.165) is 42.1 Å². The molecule has 0 saturated heterocycles. The van der Waals surface area contributed by atoms with E-state index in [1.54, 1.807) is 14.2 Å². The first-order valence-electron chi connectivity index (χ1n) is 6.56. The number of unbranched alkanes of at least 4 members (excludes halogenated alkanes) is 1. The molecular weight excluding hydrogens is 308 g/mol. The second-order valence-corrected chi connectivity index (χ2v) is 5.61. The summed E-state index contributed by atoms with van der Waals surface area (Å²) < 4.78 is 10.5. The van der Waals surface area contributed by atoms with Gasteiger partial charge in [0.2, 0.25) is 0 Å². The Balaban J connectivity index is 2.18. The van der Waals surface area contributed by atoms with Crippen molar-refractivity contribution < 1.29 is 14.3 Å². The molecule has 104 valence electrons. The normalized spacial score (nSPS) is 17.4. The predicted octanol–water partition coefficient (Wildman–Crippen LogP) is 3.62. The number of carbonyl (C=O) groups is 1. The van der Waals surface area contributed by atoms with Crippen molar-refractivity contribution in [2.24, 2.45) is 5.92 Å². The highest BCUT2D eigenvalue weighted by atomic mass is 79.9. The largest absolute Gasteiger partial charge is 0.493 e. The molecule has 1 atom stereocenters. The maximum absolute atomic E-state index is 12.4. The monoisotopic (exact) mass is 326 g/mol. The third-order valence-corrected chi connectivity index (χ3v) is 4.21. The molecule has 0 aliphatic heterocycles. The molecule has 0 bridgehead atoms. The molecular formula is C15H19BrO3. The van der Waals surface area contributed by atoms with Gasteiger partial charge in [-0.3, -0.25) is 4.79 Å². The van der Waals surface area contributed by atoms with Crippen LogP contribution in [0.25, 0.3) is 0 Å². The van der Waals surface area contributed by atoms with Crippen LogP contribution in [-0.2, 0) is 6.42 Å². The van der Waals surface area contributed by atoms with Crippen molar-refractivity contribution in [1.82, 2.24) is 0 Å². The number of halogens is 1. The van der Waals surface area contributed by atoms with Crippen molar-refractivity contribution in [1.29, 1.82) is 0 Å². The summed E-state index contributed by atoms with van der Waals surface area (Å²) in [7, 11) is 3.21. The lowest BCUT2D eigenvalue weighted by Crippen LogP contribution is -2.08. The van der Waals surface area contributed by atoms with E-state index in [4.69, 9.17) is 9.47 Å². The molecule has 0 aromatic heterocycles. The lowest BCUT2D eigenvalue weighted by molar-refractivity contribution is 0.0929. The van der Waals surface area contributed by atoms with E-state index in [9.17, 15) is 4.79 Å². The van der Waals surface area contributed by atoms with Crippen molar-refractivity contribution in [2.45, 2.75) is 25.7 Å². The van der Waals surface area contributed by atoms with Crippen LogP contribution in [-0.4, -0.2) is 25.3 Å². The topological polar surface area (TPSA) is 35.5 Å². The molecule has 4 heteroatoms. The molecule has 2 rings (SSSR count). The smallest absolute Gasteiger partial charge is 0.166 e. The molecule has 0 spiro atoms. The summed E-state index contributed by atoms with van der Waals surface area (Å²) in [4.78, 5) is 12.4. The van der Waals surface area contributed by atoms with Gasteiger partial charge >= 0.3 is 0 Å². The maximum atomic E-state index is 12.4. The summed E-state index contributed by atoms with van der Waals surface area (Å²) in [5.74, 6) is 1.72. The van der Waals surface area contributed by atoms with Crippen LogP contribution in [0.2, 0.25) is 0 Å². The minimum Gasteiger partial charge on any atom is -0.493 e. The average molecular weight is 327 g/mol. The summed E-state index contributed by atoms with van der Waals surface area (Å²) >= 11 is 3.42. The van der Waals surface area contributed by atoms with Gasteiger partial charge in [-0.15, -0.1) is 0 Å². The molecule has 1 aliphatic rings. The number of carbonyl (C=O) groups excluding carboxylic acids is 1. The molecule has 0 N–H and O–H groups in total. The Labute approximate surface area is 122 Å². The molecule has 1 unspecified atom stereocenters. The van der Waals surface area contributed by atoms with Gasteiger partial charge in [-0.25, -0.2) is 0 Å². The van der Waals surface area contributed by atoms with Crippen LogP contribution < -0.4 is 9.47 Å². The van der Waals surface area contributed by atoms with Crippen molar-refractivity contribution in [2.75, 3.05) is 19.5 Å². The summed E-state index contributed by atoms with van der Waals surface area (Å²) in [5, 5.41) is 1.00. The number of Topliss-reactive ketones (excluding diaryl/α,β-unsaturated/α-hetero) is 1. The minimum atomic E-state index is 0.130. The van der Waals surface area contributed by atoms with Gasteiger partial charge in [0.05, 0.1) is 14.2 Å². The molecule has 1 aromatic carbocycles. The highest BCUT2D eigenvalue weighted by Crippen LogP contribution is 2.37. The SMILES string of the molecule is COc1cc2c(cc1OC)C(=O)C(CCCCBr)C2. The van der Waals surface area contributed by atoms with Crippen LogP contribution in [0.4, 0.5) is 0 Å². The fraction of sp³-hybridized carbons (Fsp3) is 0.533. The van der Waals surface area contributed by atoms with Crippen LogP contribution in [0.1, 0.15) is 35.2 Å². The van der Waals surface area contributed by atoms with Gasteiger partial charge in [0.1, 0.15) is 0 Å². The number of benzene rings is 1. The second kappa shape index (κ2) is 6.42. The van der Waals surface area contributed by atoms with Crippen molar-refractivity contribution >= 4 is 21.7 Å². The van der Waals surface area contributed by atoms with Gasteiger partial charge in [0.25, 0.3) is 0 Å². The number of fused-ring (bicyclic) bond motifs is 1. The van der Waals surface area contributed by atoms with E-state index in [2.05, 4.69) is 15.9 Å². The second-order valence-electron chi connectivity index (χ2n) is 4.81. The minimum absolute atomic E-state index is 0.130. The van der Waals surface area contributed by atoms with E-state index in [0.29, 0.717) is 11.5 Å². The Morgan fingerprint density at radius 1 is 1.21 bits per heavy atom. The Morgan fingerprint density at radius 2 is 1.89 bits per heavy atom. The number of hydrogen-bond donors (Lipinski definition) is 0. The molecule has 19 heavy (non-hydrogen) atoms. The average Bonchev–Trinajstić information content (AvgIpc) is 2.74. The summed E-state index contributed by atoms with van der Waals surface area (Å²) in [5.41, 5.74) is 1.90. The van der Waals surface area contributed by atoms with Crippen LogP contribution in [0, 0.1) is 5.92 Å². The van der Waals surface area contributed by atoms with Gasteiger partial charge in [-0.05, 0) is 37.0 Å². The van der Waals surface area contributed by atoms with Crippen molar-refractivity contribution in [3.05, 3.63) is 23.3 Å². The van der Waals surface area contributed by atoms with E-state index in [1.807, 2.05) is 12.1 Å². The summed E-state index contributed by atoms with van der Waals surface area (Å²) in [6.07, 6.45) is 4.00. The first kappa shape index (κ1) is 14.4. The molecule has 1 aliphatic carbocycles. The first-order valence-corrected chi connectivity index (χ1v) is 7.68. The van der Waals surface area contributed by atoms with Crippen LogP contribution >= 0.6 is 15.9 Å². The third kappa shape index (κ3) is 2.94. The van der Waals surface area contributed by atoms with Gasteiger partial charge < -0.3 is 9.47 Å². The van der Waals surface area contributed by atoms with E-state index >= 15 is 0 Å². The van der Waals surface area contributed by atoms with Crippen molar-refractivity contribution in [3.63, 3.8) is 0 Å². The van der Waals surface area contributed by atoms with E-state index in [-0.39, 0.29) is 11.7 Å². The zero-order valence-corrected chi connectivity index (χ0v) is 13.0. The summed E-state index contributed by atoms with van der Waals surface area (Å²) in [6, 6.07) is 3.76. The Kier molecular flexibility index (Phi) is 4.86. The standard InChI is InChI=1S/C15H19BrO3/c1-18-13-8-11-7-10(5-3-4-6-16)15(17)12(11)9-14(13)19-2/h8-10H,3-7H2,1-2H3. The molecule has 0 fully saturated rings. The van der Waals surface area contributed by atoms with Gasteiger partial charge in [0, 0.05) is 16.8 Å².